The highest BCUT2D eigenvalue weighted by atomic mass is 16.5. The molecule has 1 spiro atoms. The second kappa shape index (κ2) is 7.18. The SMILES string of the molecule is CN(C)CCCOc1ccc(CN2CC[C@@]34OCCN3C(=O)C[C@@H]24)cc1. The molecule has 3 aliphatic heterocycles. The Hall–Kier alpha value is -1.63. The van der Waals surface area contributed by atoms with E-state index < -0.39 is 0 Å². The van der Waals surface area contributed by atoms with Crippen molar-refractivity contribution < 1.29 is 14.3 Å². The molecule has 0 aromatic heterocycles. The van der Waals surface area contributed by atoms with E-state index in [1.165, 1.54) is 5.56 Å². The third-order valence-corrected chi connectivity index (χ3v) is 5.84. The summed E-state index contributed by atoms with van der Waals surface area (Å²) in [5.74, 6) is 1.17. The van der Waals surface area contributed by atoms with Gasteiger partial charge in [-0.15, -0.1) is 0 Å². The number of amides is 1. The van der Waals surface area contributed by atoms with Crippen molar-refractivity contribution in [2.75, 3.05) is 46.9 Å². The van der Waals surface area contributed by atoms with Crippen LogP contribution in [0.5, 0.6) is 5.75 Å². The van der Waals surface area contributed by atoms with Gasteiger partial charge in [-0.1, -0.05) is 12.1 Å². The first-order valence-corrected chi connectivity index (χ1v) is 9.63. The molecule has 0 radical (unpaired) electrons. The molecule has 0 bridgehead atoms. The number of ether oxygens (including phenoxy) is 2. The molecule has 0 aliphatic carbocycles. The Kier molecular flexibility index (Phi) is 4.90. The first-order valence-electron chi connectivity index (χ1n) is 9.63. The van der Waals surface area contributed by atoms with E-state index in [0.717, 1.165) is 51.4 Å². The van der Waals surface area contributed by atoms with Crippen molar-refractivity contribution in [3.8, 4) is 5.75 Å². The lowest BCUT2D eigenvalue weighted by atomic mass is 10.1. The topological polar surface area (TPSA) is 45.2 Å². The molecule has 6 nitrogen and oxygen atoms in total. The molecule has 26 heavy (non-hydrogen) atoms. The first kappa shape index (κ1) is 17.8. The zero-order valence-electron chi connectivity index (χ0n) is 15.8. The van der Waals surface area contributed by atoms with Gasteiger partial charge in [0, 0.05) is 39.0 Å². The van der Waals surface area contributed by atoms with Gasteiger partial charge in [-0.2, -0.15) is 0 Å². The Morgan fingerprint density at radius 2 is 2.08 bits per heavy atom. The standard InChI is InChI=1S/C20H29N3O3/c1-21(2)9-3-12-25-17-6-4-16(5-7-17)15-22-10-8-20-18(22)14-19(24)23(20)11-13-26-20/h4-7,18H,3,8-15H2,1-2H3/t18-,20+/m1/s1. The number of carbonyl (C=O) groups excluding carboxylic acids is 1. The smallest absolute Gasteiger partial charge is 0.226 e. The van der Waals surface area contributed by atoms with Gasteiger partial charge in [0.1, 0.15) is 5.75 Å². The summed E-state index contributed by atoms with van der Waals surface area (Å²) < 4.78 is 11.9. The molecular formula is C20H29N3O3. The van der Waals surface area contributed by atoms with Crippen LogP contribution in [0.2, 0.25) is 0 Å². The van der Waals surface area contributed by atoms with Crippen molar-refractivity contribution >= 4 is 5.91 Å². The van der Waals surface area contributed by atoms with Crippen molar-refractivity contribution in [3.05, 3.63) is 29.8 Å². The average Bonchev–Trinajstić information content (AvgIpc) is 3.26. The molecule has 4 rings (SSSR count). The fourth-order valence-electron chi connectivity index (χ4n) is 4.56. The molecule has 142 valence electrons. The summed E-state index contributed by atoms with van der Waals surface area (Å²) in [6.07, 6.45) is 2.54. The van der Waals surface area contributed by atoms with E-state index >= 15 is 0 Å². The minimum atomic E-state index is -0.341. The number of likely N-dealkylation sites (tertiary alicyclic amines) is 1. The Balaban J connectivity index is 1.33. The summed E-state index contributed by atoms with van der Waals surface area (Å²) in [5.41, 5.74) is 0.915. The molecule has 3 heterocycles. The van der Waals surface area contributed by atoms with E-state index in [4.69, 9.17) is 9.47 Å². The molecule has 1 aromatic carbocycles. The number of carbonyl (C=O) groups is 1. The van der Waals surface area contributed by atoms with E-state index in [1.54, 1.807) is 0 Å². The summed E-state index contributed by atoms with van der Waals surface area (Å²) in [6, 6.07) is 8.57. The van der Waals surface area contributed by atoms with Crippen molar-refractivity contribution in [2.45, 2.75) is 37.6 Å². The maximum Gasteiger partial charge on any atom is 0.226 e. The fraction of sp³-hybridized carbons (Fsp3) is 0.650. The highest BCUT2D eigenvalue weighted by Crippen LogP contribution is 2.45. The number of hydrogen-bond acceptors (Lipinski definition) is 5. The van der Waals surface area contributed by atoms with Gasteiger partial charge < -0.3 is 19.3 Å². The number of rotatable bonds is 7. The van der Waals surface area contributed by atoms with Crippen molar-refractivity contribution in [1.82, 2.24) is 14.7 Å². The van der Waals surface area contributed by atoms with Gasteiger partial charge in [0.2, 0.25) is 5.91 Å². The molecular weight excluding hydrogens is 330 g/mol. The molecule has 3 fully saturated rings. The quantitative estimate of drug-likeness (QED) is 0.691. The predicted octanol–water partition coefficient (Wildman–Crippen LogP) is 1.55. The zero-order valence-corrected chi connectivity index (χ0v) is 15.8. The van der Waals surface area contributed by atoms with E-state index in [0.29, 0.717) is 13.0 Å². The summed E-state index contributed by atoms with van der Waals surface area (Å²) >= 11 is 0. The molecule has 0 unspecified atom stereocenters. The van der Waals surface area contributed by atoms with Crippen molar-refractivity contribution in [2.24, 2.45) is 0 Å². The average molecular weight is 359 g/mol. The highest BCUT2D eigenvalue weighted by molar-refractivity contribution is 5.81. The molecule has 1 amide bonds. The van der Waals surface area contributed by atoms with Crippen LogP contribution in [0.3, 0.4) is 0 Å². The van der Waals surface area contributed by atoms with Gasteiger partial charge in [0.05, 0.1) is 19.3 Å². The minimum Gasteiger partial charge on any atom is -0.494 e. The monoisotopic (exact) mass is 359 g/mol. The summed E-state index contributed by atoms with van der Waals surface area (Å²) in [5, 5.41) is 0. The largest absolute Gasteiger partial charge is 0.494 e. The Bertz CT molecular complexity index is 648. The van der Waals surface area contributed by atoms with Crippen LogP contribution >= 0.6 is 0 Å². The van der Waals surface area contributed by atoms with Gasteiger partial charge >= 0.3 is 0 Å². The molecule has 3 aliphatic rings. The van der Waals surface area contributed by atoms with Gasteiger partial charge in [0.25, 0.3) is 0 Å². The van der Waals surface area contributed by atoms with Gasteiger partial charge in [-0.05, 0) is 38.2 Å². The van der Waals surface area contributed by atoms with Crippen LogP contribution in [-0.4, -0.2) is 79.3 Å². The summed E-state index contributed by atoms with van der Waals surface area (Å²) in [7, 11) is 4.15. The maximum absolute atomic E-state index is 12.3. The second-order valence-corrected chi connectivity index (χ2v) is 7.83. The van der Waals surface area contributed by atoms with Gasteiger partial charge in [-0.25, -0.2) is 0 Å². The van der Waals surface area contributed by atoms with Crippen molar-refractivity contribution in [1.29, 1.82) is 0 Å². The normalized spacial score (nSPS) is 28.0. The molecule has 3 saturated heterocycles. The van der Waals surface area contributed by atoms with E-state index in [9.17, 15) is 4.79 Å². The van der Waals surface area contributed by atoms with E-state index in [-0.39, 0.29) is 17.7 Å². The predicted molar refractivity (Wildman–Crippen MR) is 98.9 cm³/mol. The Morgan fingerprint density at radius 3 is 2.85 bits per heavy atom. The van der Waals surface area contributed by atoms with Crippen LogP contribution in [0, 0.1) is 0 Å². The van der Waals surface area contributed by atoms with Crippen LogP contribution in [0.4, 0.5) is 0 Å². The lowest BCUT2D eigenvalue weighted by molar-refractivity contribution is -0.136. The van der Waals surface area contributed by atoms with Gasteiger partial charge in [-0.3, -0.25) is 9.69 Å². The van der Waals surface area contributed by atoms with E-state index in [2.05, 4.69) is 48.2 Å². The molecule has 2 atom stereocenters. The Morgan fingerprint density at radius 1 is 1.27 bits per heavy atom. The minimum absolute atomic E-state index is 0.194. The number of hydrogen-bond donors (Lipinski definition) is 0. The van der Waals surface area contributed by atoms with Crippen LogP contribution < -0.4 is 4.74 Å². The second-order valence-electron chi connectivity index (χ2n) is 7.83. The number of benzene rings is 1. The first-order chi connectivity index (χ1) is 12.6. The van der Waals surface area contributed by atoms with Crippen molar-refractivity contribution in [3.63, 3.8) is 0 Å². The highest BCUT2D eigenvalue weighted by Gasteiger charge is 2.61. The lowest BCUT2D eigenvalue weighted by Crippen LogP contribution is -2.47. The molecule has 0 saturated carbocycles. The third kappa shape index (κ3) is 3.21. The van der Waals surface area contributed by atoms with Crippen LogP contribution in [0.1, 0.15) is 24.8 Å². The van der Waals surface area contributed by atoms with Crippen LogP contribution in [-0.2, 0) is 16.1 Å². The third-order valence-electron chi connectivity index (χ3n) is 5.84. The van der Waals surface area contributed by atoms with Gasteiger partial charge in [0.15, 0.2) is 5.72 Å². The molecule has 0 N–H and O–H groups in total. The molecule has 6 heteroatoms. The summed E-state index contributed by atoms with van der Waals surface area (Å²) in [6.45, 7) is 5.05. The Labute approximate surface area is 155 Å². The fourth-order valence-corrected chi connectivity index (χ4v) is 4.56. The zero-order chi connectivity index (χ0) is 18.1. The summed E-state index contributed by atoms with van der Waals surface area (Å²) in [4.78, 5) is 18.8. The molecule has 1 aromatic rings. The van der Waals surface area contributed by atoms with Crippen LogP contribution in [0.15, 0.2) is 24.3 Å². The van der Waals surface area contributed by atoms with E-state index in [1.807, 2.05) is 4.90 Å². The maximum atomic E-state index is 12.3. The lowest BCUT2D eigenvalue weighted by Gasteiger charge is -2.31. The van der Waals surface area contributed by atoms with Crippen LogP contribution in [0.25, 0.3) is 0 Å². The number of nitrogens with zero attached hydrogens (tertiary/aromatic N) is 3.